The first kappa shape index (κ1) is 10.9. The Hall–Kier alpha value is -0.600. The van der Waals surface area contributed by atoms with E-state index in [4.69, 9.17) is 0 Å². The Morgan fingerprint density at radius 3 is 1.67 bits per heavy atom. The van der Waals surface area contributed by atoms with E-state index in [0.717, 1.165) is 0 Å². The maximum Gasteiger partial charge on any atom is 0.0385 e. The molecule has 0 N–H and O–H groups in total. The first-order chi connectivity index (χ1) is 7.33. The van der Waals surface area contributed by atoms with Crippen molar-refractivity contribution in [1.82, 2.24) is 0 Å². The molecule has 0 nitrogen and oxygen atoms in total. The Balaban J connectivity index is 2.50. The Morgan fingerprint density at radius 1 is 0.933 bits per heavy atom. The van der Waals surface area contributed by atoms with Gasteiger partial charge in [0.2, 0.25) is 0 Å². The molecule has 0 aromatic carbocycles. The van der Waals surface area contributed by atoms with E-state index in [-0.39, 0.29) is 5.41 Å². The van der Waals surface area contributed by atoms with E-state index in [2.05, 4.69) is 48.9 Å². The molecule has 0 aliphatic rings. The zero-order chi connectivity index (χ0) is 10.7. The van der Waals surface area contributed by atoms with Crippen molar-refractivity contribution in [3.63, 3.8) is 0 Å². The van der Waals surface area contributed by atoms with Crippen molar-refractivity contribution in [2.24, 2.45) is 0 Å². The summed E-state index contributed by atoms with van der Waals surface area (Å²) in [6, 6.07) is 8.87. The topological polar surface area (TPSA) is 0 Å². The Bertz CT molecular complexity index is 344. The lowest BCUT2D eigenvalue weighted by atomic mass is 9.79. The average molecular weight is 236 g/mol. The number of hydrogen-bond acceptors (Lipinski definition) is 2. The van der Waals surface area contributed by atoms with Crippen LogP contribution in [0, 0.1) is 0 Å². The van der Waals surface area contributed by atoms with Crippen LogP contribution in [0.5, 0.6) is 0 Å². The molecule has 2 aromatic heterocycles. The van der Waals surface area contributed by atoms with Crippen molar-refractivity contribution in [3.8, 4) is 0 Å². The van der Waals surface area contributed by atoms with Crippen molar-refractivity contribution >= 4 is 22.7 Å². The highest BCUT2D eigenvalue weighted by atomic mass is 32.1. The quantitative estimate of drug-likeness (QED) is 0.707. The van der Waals surface area contributed by atoms with Gasteiger partial charge >= 0.3 is 0 Å². The van der Waals surface area contributed by atoms with Crippen LogP contribution < -0.4 is 0 Å². The van der Waals surface area contributed by atoms with Gasteiger partial charge in [0.25, 0.3) is 0 Å². The largest absolute Gasteiger partial charge is 0.148 e. The molecule has 0 saturated heterocycles. The minimum Gasteiger partial charge on any atom is -0.148 e. The molecule has 0 bridgehead atoms. The molecule has 0 spiro atoms. The van der Waals surface area contributed by atoms with E-state index in [0.29, 0.717) is 0 Å². The second-order valence-corrected chi connectivity index (χ2v) is 5.64. The predicted molar refractivity (Wildman–Crippen MR) is 70.0 cm³/mol. The van der Waals surface area contributed by atoms with Gasteiger partial charge in [-0.05, 0) is 35.7 Å². The van der Waals surface area contributed by atoms with Crippen molar-refractivity contribution in [3.05, 3.63) is 44.8 Å². The maximum atomic E-state index is 2.29. The Kier molecular flexibility index (Phi) is 3.27. The molecule has 0 saturated carbocycles. The van der Waals surface area contributed by atoms with Crippen LogP contribution in [0.15, 0.2) is 35.0 Å². The van der Waals surface area contributed by atoms with Crippen molar-refractivity contribution in [2.45, 2.75) is 32.1 Å². The summed E-state index contributed by atoms with van der Waals surface area (Å²) >= 11 is 3.77. The van der Waals surface area contributed by atoms with Crippen molar-refractivity contribution < 1.29 is 0 Å². The molecular weight excluding hydrogens is 220 g/mol. The molecule has 0 aliphatic carbocycles. The fourth-order valence-corrected chi connectivity index (χ4v) is 4.40. The highest BCUT2D eigenvalue weighted by Gasteiger charge is 2.32. The molecule has 2 aromatic rings. The summed E-state index contributed by atoms with van der Waals surface area (Å²) in [6.07, 6.45) is 2.37. The molecule has 0 amide bonds. The standard InChI is InChI=1S/C13H16S2/c1-3-13(4-2,11-7-5-9-14-11)12-8-6-10-15-12/h5-10H,3-4H2,1-2H3. The van der Waals surface area contributed by atoms with Crippen LogP contribution in [0.3, 0.4) is 0 Å². The smallest absolute Gasteiger partial charge is 0.0385 e. The lowest BCUT2D eigenvalue weighted by Gasteiger charge is -2.29. The summed E-state index contributed by atoms with van der Waals surface area (Å²) in [7, 11) is 0. The third kappa shape index (κ3) is 1.77. The van der Waals surface area contributed by atoms with Crippen LogP contribution in [0.2, 0.25) is 0 Å². The number of hydrogen-bond donors (Lipinski definition) is 0. The molecule has 0 radical (unpaired) electrons. The van der Waals surface area contributed by atoms with Crippen LogP contribution in [-0.2, 0) is 5.41 Å². The normalized spacial score (nSPS) is 11.9. The number of thiophene rings is 2. The predicted octanol–water partition coefficient (Wildman–Crippen LogP) is 4.92. The SMILES string of the molecule is CCC(CC)(c1cccs1)c1cccs1. The summed E-state index contributed by atoms with van der Waals surface area (Å²) in [4.78, 5) is 3.02. The van der Waals surface area contributed by atoms with Gasteiger partial charge in [0, 0.05) is 15.2 Å². The monoisotopic (exact) mass is 236 g/mol. The molecule has 0 aliphatic heterocycles. The van der Waals surface area contributed by atoms with E-state index >= 15 is 0 Å². The lowest BCUT2D eigenvalue weighted by molar-refractivity contribution is 0.497. The van der Waals surface area contributed by atoms with Gasteiger partial charge in [-0.25, -0.2) is 0 Å². The third-order valence-electron chi connectivity index (χ3n) is 3.19. The fraction of sp³-hybridized carbons (Fsp3) is 0.385. The molecule has 0 unspecified atom stereocenters. The molecule has 0 atom stereocenters. The van der Waals surface area contributed by atoms with Crippen LogP contribution in [0.1, 0.15) is 36.4 Å². The summed E-state index contributed by atoms with van der Waals surface area (Å²) < 4.78 is 0. The van der Waals surface area contributed by atoms with Gasteiger partial charge in [-0.3, -0.25) is 0 Å². The summed E-state index contributed by atoms with van der Waals surface area (Å²) in [5, 5.41) is 4.37. The molecule has 2 heterocycles. The highest BCUT2D eigenvalue weighted by Crippen LogP contribution is 2.42. The van der Waals surface area contributed by atoms with E-state index in [9.17, 15) is 0 Å². The second-order valence-electron chi connectivity index (χ2n) is 3.74. The summed E-state index contributed by atoms with van der Waals surface area (Å²) in [5.41, 5.74) is 0.266. The third-order valence-corrected chi connectivity index (χ3v) is 5.34. The molecule has 80 valence electrons. The minimum absolute atomic E-state index is 0.266. The minimum atomic E-state index is 0.266. The summed E-state index contributed by atoms with van der Waals surface area (Å²) in [6.45, 7) is 4.59. The fourth-order valence-electron chi connectivity index (χ4n) is 2.17. The van der Waals surface area contributed by atoms with E-state index in [1.54, 1.807) is 0 Å². The van der Waals surface area contributed by atoms with Crippen LogP contribution in [-0.4, -0.2) is 0 Å². The lowest BCUT2D eigenvalue weighted by Crippen LogP contribution is -2.23. The molecule has 2 rings (SSSR count). The molecular formula is C13H16S2. The van der Waals surface area contributed by atoms with Gasteiger partial charge < -0.3 is 0 Å². The first-order valence-electron chi connectivity index (χ1n) is 5.41. The van der Waals surface area contributed by atoms with Gasteiger partial charge in [0.15, 0.2) is 0 Å². The zero-order valence-corrected chi connectivity index (χ0v) is 10.8. The van der Waals surface area contributed by atoms with Crippen molar-refractivity contribution in [1.29, 1.82) is 0 Å². The van der Waals surface area contributed by atoms with Crippen LogP contribution >= 0.6 is 22.7 Å². The van der Waals surface area contributed by atoms with E-state index in [1.807, 2.05) is 22.7 Å². The van der Waals surface area contributed by atoms with Crippen molar-refractivity contribution in [2.75, 3.05) is 0 Å². The van der Waals surface area contributed by atoms with Crippen LogP contribution in [0.25, 0.3) is 0 Å². The highest BCUT2D eigenvalue weighted by molar-refractivity contribution is 7.11. The zero-order valence-electron chi connectivity index (χ0n) is 9.19. The maximum absolute atomic E-state index is 2.29. The average Bonchev–Trinajstić information content (AvgIpc) is 2.92. The van der Waals surface area contributed by atoms with Gasteiger partial charge in [-0.15, -0.1) is 22.7 Å². The molecule has 0 fully saturated rings. The van der Waals surface area contributed by atoms with Crippen LogP contribution in [0.4, 0.5) is 0 Å². The van der Waals surface area contributed by atoms with E-state index in [1.165, 1.54) is 22.6 Å². The number of rotatable bonds is 4. The Labute approximate surface area is 99.6 Å². The molecule has 15 heavy (non-hydrogen) atoms. The summed E-state index contributed by atoms with van der Waals surface area (Å²) in [5.74, 6) is 0. The Morgan fingerprint density at radius 2 is 1.40 bits per heavy atom. The van der Waals surface area contributed by atoms with Gasteiger partial charge in [-0.1, -0.05) is 26.0 Å². The van der Waals surface area contributed by atoms with E-state index < -0.39 is 0 Å². The second kappa shape index (κ2) is 4.50. The van der Waals surface area contributed by atoms with Gasteiger partial charge in [-0.2, -0.15) is 0 Å². The molecule has 2 heteroatoms. The first-order valence-corrected chi connectivity index (χ1v) is 7.17. The van der Waals surface area contributed by atoms with Gasteiger partial charge in [0.05, 0.1) is 0 Å². The van der Waals surface area contributed by atoms with Gasteiger partial charge in [0.1, 0.15) is 0 Å².